The Hall–Kier alpha value is -0.820. The van der Waals surface area contributed by atoms with Crippen molar-refractivity contribution in [1.82, 2.24) is 0 Å². The molecular weight excluding hydrogens is 151 g/mol. The SMILES string of the molecule is C/C=C\O[P+](=O)O/C=C\C. The summed E-state index contributed by atoms with van der Waals surface area (Å²) < 4.78 is 19.7. The second kappa shape index (κ2) is 6.30. The summed E-state index contributed by atoms with van der Waals surface area (Å²) in [7, 11) is -2.02. The van der Waals surface area contributed by atoms with E-state index in [1.54, 1.807) is 26.0 Å². The summed E-state index contributed by atoms with van der Waals surface area (Å²) in [5.41, 5.74) is 0. The highest BCUT2D eigenvalue weighted by Gasteiger charge is 2.15. The van der Waals surface area contributed by atoms with Gasteiger partial charge >= 0.3 is 8.25 Å². The van der Waals surface area contributed by atoms with Crippen molar-refractivity contribution in [1.29, 1.82) is 0 Å². The van der Waals surface area contributed by atoms with Crippen molar-refractivity contribution in [2.75, 3.05) is 0 Å². The Kier molecular flexibility index (Phi) is 5.79. The monoisotopic (exact) mass is 161 g/mol. The predicted molar refractivity (Wildman–Crippen MR) is 39.4 cm³/mol. The van der Waals surface area contributed by atoms with Gasteiger partial charge in [-0.25, -0.2) is 9.05 Å². The molecule has 0 aromatic rings. The summed E-state index contributed by atoms with van der Waals surface area (Å²) in [6, 6.07) is 0. The minimum atomic E-state index is -2.02. The Labute approximate surface area is 61.3 Å². The topological polar surface area (TPSA) is 35.5 Å². The van der Waals surface area contributed by atoms with Crippen molar-refractivity contribution in [2.45, 2.75) is 13.8 Å². The van der Waals surface area contributed by atoms with Crippen molar-refractivity contribution in [2.24, 2.45) is 0 Å². The largest absolute Gasteiger partial charge is 0.804 e. The highest BCUT2D eigenvalue weighted by molar-refractivity contribution is 7.33. The molecule has 10 heavy (non-hydrogen) atoms. The van der Waals surface area contributed by atoms with Crippen LogP contribution in [0, 0.1) is 0 Å². The van der Waals surface area contributed by atoms with Crippen LogP contribution in [0.2, 0.25) is 0 Å². The molecule has 0 spiro atoms. The lowest BCUT2D eigenvalue weighted by Crippen LogP contribution is -1.67. The van der Waals surface area contributed by atoms with Crippen molar-refractivity contribution in [3.8, 4) is 0 Å². The van der Waals surface area contributed by atoms with Crippen molar-refractivity contribution < 1.29 is 13.6 Å². The first-order valence-electron chi connectivity index (χ1n) is 2.84. The van der Waals surface area contributed by atoms with Gasteiger partial charge in [-0.15, -0.1) is 0 Å². The van der Waals surface area contributed by atoms with Crippen LogP contribution in [0.3, 0.4) is 0 Å². The third-order valence-corrected chi connectivity index (χ3v) is 1.15. The zero-order valence-electron chi connectivity index (χ0n) is 5.98. The Morgan fingerprint density at radius 2 is 1.50 bits per heavy atom. The van der Waals surface area contributed by atoms with E-state index in [2.05, 4.69) is 9.05 Å². The van der Waals surface area contributed by atoms with E-state index in [9.17, 15) is 4.57 Å². The molecule has 0 aromatic carbocycles. The second-order valence-corrected chi connectivity index (χ2v) is 2.24. The maximum Gasteiger partial charge on any atom is 0.804 e. The zero-order valence-corrected chi connectivity index (χ0v) is 6.88. The van der Waals surface area contributed by atoms with Gasteiger partial charge in [-0.05, 0) is 26.0 Å². The molecule has 0 unspecified atom stereocenters. The maximum absolute atomic E-state index is 10.6. The van der Waals surface area contributed by atoms with Crippen LogP contribution in [0.1, 0.15) is 13.8 Å². The van der Waals surface area contributed by atoms with Gasteiger partial charge < -0.3 is 0 Å². The van der Waals surface area contributed by atoms with Crippen LogP contribution in [0.5, 0.6) is 0 Å². The first-order chi connectivity index (χ1) is 4.81. The van der Waals surface area contributed by atoms with E-state index in [4.69, 9.17) is 0 Å². The van der Waals surface area contributed by atoms with Gasteiger partial charge in [-0.1, -0.05) is 0 Å². The molecule has 0 radical (unpaired) electrons. The van der Waals surface area contributed by atoms with Gasteiger partial charge in [0.05, 0.1) is 0 Å². The lowest BCUT2D eigenvalue weighted by Gasteiger charge is -1.77. The van der Waals surface area contributed by atoms with E-state index in [0.717, 1.165) is 0 Å². The van der Waals surface area contributed by atoms with Crippen LogP contribution >= 0.6 is 8.25 Å². The molecule has 0 heterocycles. The third-order valence-electron chi connectivity index (χ3n) is 0.566. The van der Waals surface area contributed by atoms with Crippen LogP contribution in [-0.2, 0) is 13.6 Å². The summed E-state index contributed by atoms with van der Waals surface area (Å²) in [4.78, 5) is 0. The standard InChI is InChI=1S/C6H10O3P/c1-3-5-8-10(7)9-6-4-2/h3-6H,1-2H3/q+1/b5-3-,6-4-. The van der Waals surface area contributed by atoms with E-state index in [1.165, 1.54) is 12.5 Å². The first-order valence-corrected chi connectivity index (χ1v) is 3.94. The fourth-order valence-electron chi connectivity index (χ4n) is 0.246. The molecule has 0 rings (SSSR count). The molecule has 3 nitrogen and oxygen atoms in total. The first kappa shape index (κ1) is 9.18. The quantitative estimate of drug-likeness (QED) is 0.469. The molecule has 4 heteroatoms. The average molecular weight is 161 g/mol. The van der Waals surface area contributed by atoms with Crippen LogP contribution in [-0.4, -0.2) is 0 Å². The highest BCUT2D eigenvalue weighted by atomic mass is 31.1. The van der Waals surface area contributed by atoms with Crippen molar-refractivity contribution >= 4 is 8.25 Å². The van der Waals surface area contributed by atoms with Crippen LogP contribution in [0.4, 0.5) is 0 Å². The summed E-state index contributed by atoms with van der Waals surface area (Å²) >= 11 is 0. The molecule has 0 aliphatic heterocycles. The summed E-state index contributed by atoms with van der Waals surface area (Å²) in [6.45, 7) is 3.53. The molecular formula is C6H10O3P+. The molecule has 0 atom stereocenters. The van der Waals surface area contributed by atoms with E-state index < -0.39 is 8.25 Å². The maximum atomic E-state index is 10.6. The number of allylic oxidation sites excluding steroid dienone is 2. The zero-order chi connectivity index (χ0) is 7.82. The molecule has 0 saturated heterocycles. The molecule has 0 N–H and O–H groups in total. The van der Waals surface area contributed by atoms with E-state index in [0.29, 0.717) is 0 Å². The molecule has 0 amide bonds. The molecule has 0 bridgehead atoms. The Morgan fingerprint density at radius 1 is 1.10 bits per heavy atom. The van der Waals surface area contributed by atoms with Crippen LogP contribution in [0.25, 0.3) is 0 Å². The second-order valence-electron chi connectivity index (χ2n) is 1.37. The highest BCUT2D eigenvalue weighted by Crippen LogP contribution is 2.23. The predicted octanol–water partition coefficient (Wildman–Crippen LogP) is 2.74. The van der Waals surface area contributed by atoms with Gasteiger partial charge in [-0.3, -0.25) is 0 Å². The number of hydrogen-bond donors (Lipinski definition) is 0. The van der Waals surface area contributed by atoms with E-state index >= 15 is 0 Å². The normalized spacial score (nSPS) is 10.6. The Bertz CT molecular complexity index is 135. The lowest BCUT2D eigenvalue weighted by molar-refractivity contribution is 0.355. The van der Waals surface area contributed by atoms with E-state index in [-0.39, 0.29) is 0 Å². The van der Waals surface area contributed by atoms with Gasteiger partial charge in [0.25, 0.3) is 0 Å². The molecule has 56 valence electrons. The van der Waals surface area contributed by atoms with Gasteiger partial charge in [-0.2, -0.15) is 0 Å². The molecule has 0 aromatic heterocycles. The average Bonchev–Trinajstić information content (AvgIpc) is 1.97. The minimum Gasteiger partial charge on any atom is -0.231 e. The van der Waals surface area contributed by atoms with E-state index in [1.807, 2.05) is 0 Å². The van der Waals surface area contributed by atoms with Crippen LogP contribution < -0.4 is 0 Å². The fraction of sp³-hybridized carbons (Fsp3) is 0.333. The third kappa shape index (κ3) is 5.32. The van der Waals surface area contributed by atoms with Gasteiger partial charge in [0.1, 0.15) is 0 Å². The summed E-state index contributed by atoms with van der Waals surface area (Å²) in [5, 5.41) is 0. The van der Waals surface area contributed by atoms with Crippen molar-refractivity contribution in [3.63, 3.8) is 0 Å². The number of hydrogen-bond acceptors (Lipinski definition) is 3. The Morgan fingerprint density at radius 3 is 1.80 bits per heavy atom. The fourth-order valence-corrected chi connectivity index (χ4v) is 0.738. The van der Waals surface area contributed by atoms with Gasteiger partial charge in [0.2, 0.25) is 0 Å². The Balaban J connectivity index is 3.44. The summed E-state index contributed by atoms with van der Waals surface area (Å²) in [6.07, 6.45) is 5.91. The van der Waals surface area contributed by atoms with Crippen molar-refractivity contribution in [3.05, 3.63) is 24.7 Å². The smallest absolute Gasteiger partial charge is 0.231 e. The number of rotatable bonds is 4. The summed E-state index contributed by atoms with van der Waals surface area (Å²) in [5.74, 6) is 0. The van der Waals surface area contributed by atoms with Gasteiger partial charge in [0, 0.05) is 4.57 Å². The van der Waals surface area contributed by atoms with Crippen LogP contribution in [0.15, 0.2) is 24.7 Å². The molecule has 0 fully saturated rings. The molecule has 0 aliphatic rings. The lowest BCUT2D eigenvalue weighted by atomic mass is 10.8. The minimum absolute atomic E-state index is 1.32. The molecule has 0 aliphatic carbocycles. The van der Waals surface area contributed by atoms with Gasteiger partial charge in [0.15, 0.2) is 12.5 Å². The molecule has 0 saturated carbocycles.